The minimum Gasteiger partial charge on any atom is -0.310 e. The molecule has 1 nitrogen and oxygen atoms in total. The van der Waals surface area contributed by atoms with Crippen molar-refractivity contribution in [1.29, 1.82) is 0 Å². The number of aryl methyl sites for hydroxylation is 1. The number of hydrogen-bond acceptors (Lipinski definition) is 1. The van der Waals surface area contributed by atoms with Gasteiger partial charge < -0.3 is 5.32 Å². The summed E-state index contributed by atoms with van der Waals surface area (Å²) in [5, 5.41) is 4.41. The van der Waals surface area contributed by atoms with Gasteiger partial charge in [0, 0.05) is 11.1 Å². The van der Waals surface area contributed by atoms with Crippen molar-refractivity contribution >= 4 is 11.6 Å². The second kappa shape index (κ2) is 4.15. The Labute approximate surface area is 96.8 Å². The van der Waals surface area contributed by atoms with E-state index in [0.717, 1.165) is 11.6 Å². The van der Waals surface area contributed by atoms with Crippen LogP contribution >= 0.6 is 11.6 Å². The van der Waals surface area contributed by atoms with Crippen LogP contribution in [0.25, 0.3) is 0 Å². The van der Waals surface area contributed by atoms with Gasteiger partial charge in [-0.25, -0.2) is 0 Å². The van der Waals surface area contributed by atoms with Gasteiger partial charge in [0.05, 0.1) is 0 Å². The van der Waals surface area contributed by atoms with Crippen LogP contribution in [0.4, 0.5) is 0 Å². The number of rotatable bonds is 2. The van der Waals surface area contributed by atoms with E-state index in [2.05, 4.69) is 38.2 Å². The predicted octanol–water partition coefficient (Wildman–Crippen LogP) is 3.49. The molecule has 0 bridgehead atoms. The van der Waals surface area contributed by atoms with E-state index in [1.54, 1.807) is 0 Å². The third-order valence-corrected chi connectivity index (χ3v) is 3.54. The van der Waals surface area contributed by atoms with Crippen LogP contribution in [-0.2, 0) is 6.42 Å². The van der Waals surface area contributed by atoms with Crippen molar-refractivity contribution in [2.45, 2.75) is 33.2 Å². The van der Waals surface area contributed by atoms with Crippen LogP contribution in [0, 0.1) is 12.8 Å². The lowest BCUT2D eigenvalue weighted by Gasteiger charge is -2.17. The summed E-state index contributed by atoms with van der Waals surface area (Å²) in [7, 11) is 0. The largest absolute Gasteiger partial charge is 0.310 e. The maximum absolute atomic E-state index is 6.11. The van der Waals surface area contributed by atoms with Gasteiger partial charge in [0.2, 0.25) is 0 Å². The van der Waals surface area contributed by atoms with E-state index in [0.29, 0.717) is 12.0 Å². The molecule has 82 valence electrons. The highest BCUT2D eigenvalue weighted by Gasteiger charge is 2.29. The molecule has 2 heteroatoms. The lowest BCUT2D eigenvalue weighted by Crippen LogP contribution is -2.23. The standard InChI is InChI=1S/C13H18ClN/c1-4-15-13-9(3)6-11-8(2)5-10(14)7-12(11)13/h5,7,9,13,15H,4,6H2,1-3H3. The summed E-state index contributed by atoms with van der Waals surface area (Å²) in [5.41, 5.74) is 4.25. The number of nitrogens with one attached hydrogen (secondary N) is 1. The molecule has 15 heavy (non-hydrogen) atoms. The van der Waals surface area contributed by atoms with Crippen LogP contribution in [-0.4, -0.2) is 6.54 Å². The summed E-state index contributed by atoms with van der Waals surface area (Å²) in [4.78, 5) is 0. The van der Waals surface area contributed by atoms with Crippen molar-refractivity contribution in [3.8, 4) is 0 Å². The van der Waals surface area contributed by atoms with E-state index in [1.165, 1.54) is 23.1 Å². The summed E-state index contributed by atoms with van der Waals surface area (Å²) >= 11 is 6.11. The lowest BCUT2D eigenvalue weighted by molar-refractivity contribution is 0.426. The molecule has 1 aliphatic carbocycles. The van der Waals surface area contributed by atoms with Crippen molar-refractivity contribution in [3.05, 3.63) is 33.8 Å². The van der Waals surface area contributed by atoms with Crippen molar-refractivity contribution in [2.24, 2.45) is 5.92 Å². The average Bonchev–Trinajstić information content (AvgIpc) is 2.46. The minimum atomic E-state index is 0.488. The van der Waals surface area contributed by atoms with E-state index in [9.17, 15) is 0 Å². The number of halogens is 1. The maximum atomic E-state index is 6.11. The molecule has 1 aromatic carbocycles. The zero-order valence-electron chi connectivity index (χ0n) is 9.60. The first kappa shape index (κ1) is 11.0. The number of hydrogen-bond donors (Lipinski definition) is 1. The Bertz CT molecular complexity index is 373. The van der Waals surface area contributed by atoms with Gasteiger partial charge in [-0.2, -0.15) is 0 Å². The quantitative estimate of drug-likeness (QED) is 0.810. The monoisotopic (exact) mass is 223 g/mol. The Hall–Kier alpha value is -0.530. The van der Waals surface area contributed by atoms with Gasteiger partial charge in [-0.15, -0.1) is 0 Å². The molecule has 0 saturated heterocycles. The molecule has 0 heterocycles. The van der Waals surface area contributed by atoms with Crippen molar-refractivity contribution in [2.75, 3.05) is 6.54 Å². The smallest absolute Gasteiger partial charge is 0.0412 e. The van der Waals surface area contributed by atoms with Crippen molar-refractivity contribution in [1.82, 2.24) is 5.32 Å². The SMILES string of the molecule is CCNC1c2cc(Cl)cc(C)c2CC1C. The topological polar surface area (TPSA) is 12.0 Å². The normalized spacial score (nSPS) is 24.3. The Kier molecular flexibility index (Phi) is 3.03. The van der Waals surface area contributed by atoms with Crippen molar-refractivity contribution in [3.63, 3.8) is 0 Å². The summed E-state index contributed by atoms with van der Waals surface area (Å²) < 4.78 is 0. The minimum absolute atomic E-state index is 0.488. The van der Waals surface area contributed by atoms with Gasteiger partial charge in [-0.1, -0.05) is 25.4 Å². The van der Waals surface area contributed by atoms with Gasteiger partial charge in [-0.3, -0.25) is 0 Å². The van der Waals surface area contributed by atoms with Crippen LogP contribution in [0.15, 0.2) is 12.1 Å². The molecule has 1 aliphatic rings. The number of benzene rings is 1. The summed E-state index contributed by atoms with van der Waals surface area (Å²) in [6.45, 7) is 7.63. The fourth-order valence-electron chi connectivity index (χ4n) is 2.63. The Morgan fingerprint density at radius 3 is 2.87 bits per heavy atom. The molecular formula is C13H18ClN. The fraction of sp³-hybridized carbons (Fsp3) is 0.538. The fourth-order valence-corrected chi connectivity index (χ4v) is 2.91. The summed E-state index contributed by atoms with van der Waals surface area (Å²) in [5.74, 6) is 0.678. The van der Waals surface area contributed by atoms with Crippen molar-refractivity contribution < 1.29 is 0 Å². The Balaban J connectivity index is 2.43. The highest BCUT2D eigenvalue weighted by atomic mass is 35.5. The number of fused-ring (bicyclic) bond motifs is 1. The zero-order valence-corrected chi connectivity index (χ0v) is 10.4. The summed E-state index contributed by atoms with van der Waals surface area (Å²) in [6, 6.07) is 4.68. The highest BCUT2D eigenvalue weighted by Crippen LogP contribution is 2.38. The van der Waals surface area contributed by atoms with Crippen LogP contribution < -0.4 is 5.32 Å². The molecular weight excluding hydrogens is 206 g/mol. The van der Waals surface area contributed by atoms with E-state index in [-0.39, 0.29) is 0 Å². The predicted molar refractivity (Wildman–Crippen MR) is 65.5 cm³/mol. The zero-order chi connectivity index (χ0) is 11.0. The average molecular weight is 224 g/mol. The second-order valence-electron chi connectivity index (χ2n) is 4.51. The molecule has 0 fully saturated rings. The van der Waals surface area contributed by atoms with Crippen LogP contribution in [0.1, 0.15) is 36.6 Å². The molecule has 0 saturated carbocycles. The third-order valence-electron chi connectivity index (χ3n) is 3.33. The van der Waals surface area contributed by atoms with E-state index < -0.39 is 0 Å². The first-order chi connectivity index (χ1) is 7.13. The molecule has 2 atom stereocenters. The molecule has 2 rings (SSSR count). The molecule has 0 aliphatic heterocycles. The van der Waals surface area contributed by atoms with Gasteiger partial charge in [0.15, 0.2) is 0 Å². The summed E-state index contributed by atoms with van der Waals surface area (Å²) in [6.07, 6.45) is 1.18. The second-order valence-corrected chi connectivity index (χ2v) is 4.94. The highest BCUT2D eigenvalue weighted by molar-refractivity contribution is 6.30. The van der Waals surface area contributed by atoms with E-state index in [1.807, 2.05) is 0 Å². The lowest BCUT2D eigenvalue weighted by atomic mass is 10.0. The maximum Gasteiger partial charge on any atom is 0.0412 e. The van der Waals surface area contributed by atoms with E-state index in [4.69, 9.17) is 11.6 Å². The van der Waals surface area contributed by atoms with E-state index >= 15 is 0 Å². The Morgan fingerprint density at radius 2 is 2.20 bits per heavy atom. The molecule has 0 radical (unpaired) electrons. The molecule has 0 amide bonds. The molecule has 0 spiro atoms. The molecule has 1 N–H and O–H groups in total. The Morgan fingerprint density at radius 1 is 1.47 bits per heavy atom. The van der Waals surface area contributed by atoms with Crippen LogP contribution in [0.5, 0.6) is 0 Å². The molecule has 2 unspecified atom stereocenters. The van der Waals surface area contributed by atoms with Crippen LogP contribution in [0.2, 0.25) is 5.02 Å². The van der Waals surface area contributed by atoms with Gasteiger partial charge in [0.25, 0.3) is 0 Å². The first-order valence-corrected chi connectivity index (χ1v) is 6.03. The van der Waals surface area contributed by atoms with Gasteiger partial charge in [0.1, 0.15) is 0 Å². The molecule has 0 aromatic heterocycles. The van der Waals surface area contributed by atoms with Gasteiger partial charge >= 0.3 is 0 Å². The van der Waals surface area contributed by atoms with Gasteiger partial charge in [-0.05, 0) is 54.6 Å². The molecule has 1 aromatic rings. The first-order valence-electron chi connectivity index (χ1n) is 5.65. The van der Waals surface area contributed by atoms with Crippen LogP contribution in [0.3, 0.4) is 0 Å². The third kappa shape index (κ3) is 1.91.